The maximum absolute atomic E-state index is 13.1. The lowest BCUT2D eigenvalue weighted by molar-refractivity contribution is 0.164. The third-order valence-corrected chi connectivity index (χ3v) is 3.65. The van der Waals surface area contributed by atoms with Crippen molar-refractivity contribution in [2.24, 2.45) is 0 Å². The van der Waals surface area contributed by atoms with E-state index < -0.39 is 11.9 Å². The standard InChI is InChI=1S/C16H14ClFO3/c17-12-7-10(1-3-13(12)18)8-14(19)11-2-4-15-16(9-11)21-6-5-20-15/h1-4,7,9,14,19H,5-6,8H2. The molecule has 3 nitrogen and oxygen atoms in total. The van der Waals surface area contributed by atoms with E-state index >= 15 is 0 Å². The molecular formula is C16H14ClFO3. The van der Waals surface area contributed by atoms with E-state index in [0.29, 0.717) is 31.1 Å². The van der Waals surface area contributed by atoms with E-state index in [2.05, 4.69) is 0 Å². The molecule has 0 radical (unpaired) electrons. The van der Waals surface area contributed by atoms with E-state index in [4.69, 9.17) is 21.1 Å². The van der Waals surface area contributed by atoms with Crippen molar-refractivity contribution < 1.29 is 19.0 Å². The van der Waals surface area contributed by atoms with E-state index in [-0.39, 0.29) is 5.02 Å². The second-order valence-electron chi connectivity index (χ2n) is 4.87. The minimum absolute atomic E-state index is 0.0573. The Kier molecular flexibility index (Phi) is 3.99. The molecule has 0 bridgehead atoms. The second kappa shape index (κ2) is 5.92. The van der Waals surface area contributed by atoms with Crippen LogP contribution in [0.3, 0.4) is 0 Å². The van der Waals surface area contributed by atoms with Gasteiger partial charge in [0.15, 0.2) is 11.5 Å². The zero-order chi connectivity index (χ0) is 14.8. The lowest BCUT2D eigenvalue weighted by Gasteiger charge is -2.20. The summed E-state index contributed by atoms with van der Waals surface area (Å²) in [6.45, 7) is 1.03. The molecule has 1 heterocycles. The summed E-state index contributed by atoms with van der Waals surface area (Å²) in [5.41, 5.74) is 1.49. The summed E-state index contributed by atoms with van der Waals surface area (Å²) in [5.74, 6) is 0.853. The maximum Gasteiger partial charge on any atom is 0.161 e. The van der Waals surface area contributed by atoms with Gasteiger partial charge in [-0.25, -0.2) is 4.39 Å². The highest BCUT2D eigenvalue weighted by Crippen LogP contribution is 2.33. The van der Waals surface area contributed by atoms with Crippen LogP contribution in [0.4, 0.5) is 4.39 Å². The lowest BCUT2D eigenvalue weighted by atomic mass is 10.0. The van der Waals surface area contributed by atoms with Crippen molar-refractivity contribution in [2.75, 3.05) is 13.2 Å². The molecular weight excluding hydrogens is 295 g/mol. The Hall–Kier alpha value is -1.78. The first-order valence-corrected chi connectivity index (χ1v) is 7.03. The van der Waals surface area contributed by atoms with Gasteiger partial charge in [-0.15, -0.1) is 0 Å². The summed E-state index contributed by atoms with van der Waals surface area (Å²) in [6, 6.07) is 9.78. The molecule has 5 heteroatoms. The number of aliphatic hydroxyl groups excluding tert-OH is 1. The Bertz CT molecular complexity index is 660. The fourth-order valence-corrected chi connectivity index (χ4v) is 2.48. The van der Waals surface area contributed by atoms with E-state index in [1.54, 1.807) is 24.3 Å². The number of ether oxygens (including phenoxy) is 2. The topological polar surface area (TPSA) is 38.7 Å². The Morgan fingerprint density at radius 1 is 1.10 bits per heavy atom. The molecule has 1 atom stereocenters. The molecule has 2 aromatic rings. The molecule has 1 aliphatic heterocycles. The highest BCUT2D eigenvalue weighted by Gasteiger charge is 2.16. The highest BCUT2D eigenvalue weighted by atomic mass is 35.5. The van der Waals surface area contributed by atoms with Crippen LogP contribution in [-0.4, -0.2) is 18.3 Å². The van der Waals surface area contributed by atoms with Crippen LogP contribution in [0.15, 0.2) is 36.4 Å². The van der Waals surface area contributed by atoms with Crippen molar-refractivity contribution >= 4 is 11.6 Å². The van der Waals surface area contributed by atoms with Crippen LogP contribution in [0.1, 0.15) is 17.2 Å². The molecule has 1 unspecified atom stereocenters. The van der Waals surface area contributed by atoms with Gasteiger partial charge in [0.05, 0.1) is 11.1 Å². The minimum Gasteiger partial charge on any atom is -0.486 e. The number of aliphatic hydroxyl groups is 1. The number of halogens is 2. The van der Waals surface area contributed by atoms with Crippen LogP contribution in [0.5, 0.6) is 11.5 Å². The Balaban J connectivity index is 1.78. The quantitative estimate of drug-likeness (QED) is 0.943. The predicted octanol–water partition coefficient (Wildman–Crippen LogP) is 3.53. The van der Waals surface area contributed by atoms with Crippen LogP contribution in [0, 0.1) is 5.82 Å². The van der Waals surface area contributed by atoms with Crippen LogP contribution in [0.25, 0.3) is 0 Å². The Morgan fingerprint density at radius 3 is 2.62 bits per heavy atom. The van der Waals surface area contributed by atoms with Gasteiger partial charge < -0.3 is 14.6 Å². The normalized spacial score (nSPS) is 14.8. The number of fused-ring (bicyclic) bond motifs is 1. The Morgan fingerprint density at radius 2 is 1.86 bits per heavy atom. The summed E-state index contributed by atoms with van der Waals surface area (Å²) >= 11 is 5.74. The second-order valence-corrected chi connectivity index (χ2v) is 5.28. The molecule has 1 N–H and O–H groups in total. The molecule has 21 heavy (non-hydrogen) atoms. The van der Waals surface area contributed by atoms with Crippen molar-refractivity contribution in [3.05, 3.63) is 58.4 Å². The summed E-state index contributed by atoms with van der Waals surface area (Å²) in [4.78, 5) is 0. The summed E-state index contributed by atoms with van der Waals surface area (Å²) in [7, 11) is 0. The monoisotopic (exact) mass is 308 g/mol. The van der Waals surface area contributed by atoms with Gasteiger partial charge in [-0.05, 0) is 35.4 Å². The van der Waals surface area contributed by atoms with Gasteiger partial charge in [-0.2, -0.15) is 0 Å². The maximum atomic E-state index is 13.1. The van der Waals surface area contributed by atoms with Crippen molar-refractivity contribution in [1.82, 2.24) is 0 Å². The van der Waals surface area contributed by atoms with Gasteiger partial charge in [0, 0.05) is 6.42 Å². The molecule has 2 aromatic carbocycles. The van der Waals surface area contributed by atoms with E-state index in [9.17, 15) is 9.50 Å². The first kappa shape index (κ1) is 14.2. The number of rotatable bonds is 3. The van der Waals surface area contributed by atoms with Crippen LogP contribution in [-0.2, 0) is 6.42 Å². The van der Waals surface area contributed by atoms with Gasteiger partial charge in [0.25, 0.3) is 0 Å². The van der Waals surface area contributed by atoms with E-state index in [0.717, 1.165) is 11.1 Å². The molecule has 0 saturated heterocycles. The molecule has 0 fully saturated rings. The first-order chi connectivity index (χ1) is 10.1. The van der Waals surface area contributed by atoms with Gasteiger partial charge in [-0.3, -0.25) is 0 Å². The smallest absolute Gasteiger partial charge is 0.161 e. The molecule has 0 aliphatic carbocycles. The SMILES string of the molecule is OC(Cc1ccc(F)c(Cl)c1)c1ccc2c(c1)OCCO2. The predicted molar refractivity (Wildman–Crippen MR) is 77.5 cm³/mol. The minimum atomic E-state index is -0.720. The average Bonchev–Trinajstić information content (AvgIpc) is 2.50. The molecule has 0 amide bonds. The van der Waals surface area contributed by atoms with Crippen molar-refractivity contribution in [1.29, 1.82) is 0 Å². The largest absolute Gasteiger partial charge is 0.486 e. The first-order valence-electron chi connectivity index (χ1n) is 6.65. The third kappa shape index (κ3) is 3.12. The summed E-state index contributed by atoms with van der Waals surface area (Å²) in [5, 5.41) is 10.4. The summed E-state index contributed by atoms with van der Waals surface area (Å²) in [6.07, 6.45) is -0.373. The third-order valence-electron chi connectivity index (χ3n) is 3.36. The van der Waals surface area contributed by atoms with Crippen LogP contribution in [0.2, 0.25) is 5.02 Å². The zero-order valence-electron chi connectivity index (χ0n) is 11.2. The fraction of sp³-hybridized carbons (Fsp3) is 0.250. The Labute approximate surface area is 126 Å². The molecule has 110 valence electrons. The lowest BCUT2D eigenvalue weighted by Crippen LogP contribution is -2.15. The molecule has 3 rings (SSSR count). The summed E-state index contributed by atoms with van der Waals surface area (Å²) < 4.78 is 24.1. The van der Waals surface area contributed by atoms with Crippen LogP contribution < -0.4 is 9.47 Å². The van der Waals surface area contributed by atoms with Gasteiger partial charge in [-0.1, -0.05) is 23.7 Å². The van der Waals surface area contributed by atoms with Gasteiger partial charge in [0.1, 0.15) is 19.0 Å². The van der Waals surface area contributed by atoms with Crippen molar-refractivity contribution in [3.63, 3.8) is 0 Å². The van der Waals surface area contributed by atoms with E-state index in [1.165, 1.54) is 12.1 Å². The van der Waals surface area contributed by atoms with Crippen molar-refractivity contribution in [3.8, 4) is 11.5 Å². The molecule has 0 spiro atoms. The zero-order valence-corrected chi connectivity index (χ0v) is 11.9. The van der Waals surface area contributed by atoms with E-state index in [1.807, 2.05) is 0 Å². The number of hydrogen-bond acceptors (Lipinski definition) is 3. The van der Waals surface area contributed by atoms with Gasteiger partial charge >= 0.3 is 0 Å². The fourth-order valence-electron chi connectivity index (χ4n) is 2.27. The van der Waals surface area contributed by atoms with Crippen molar-refractivity contribution in [2.45, 2.75) is 12.5 Å². The molecule has 1 aliphatic rings. The number of hydrogen-bond donors (Lipinski definition) is 1. The van der Waals surface area contributed by atoms with Crippen LogP contribution >= 0.6 is 11.6 Å². The van der Waals surface area contributed by atoms with Gasteiger partial charge in [0.2, 0.25) is 0 Å². The highest BCUT2D eigenvalue weighted by molar-refractivity contribution is 6.30. The molecule has 0 saturated carbocycles. The molecule has 0 aromatic heterocycles. The average molecular weight is 309 g/mol. The number of benzene rings is 2.